The number of halogens is 1. The normalized spacial score (nSPS) is 13.8. The van der Waals surface area contributed by atoms with Crippen LogP contribution in [-0.2, 0) is 4.74 Å². The average Bonchev–Trinajstić information content (AvgIpc) is 2.80. The minimum atomic E-state index is -0.634. The molecular formula is C21H18FN5O3. The highest BCUT2D eigenvalue weighted by Gasteiger charge is 2.23. The Labute approximate surface area is 171 Å². The number of nitrogen functional groups attached to an aromatic ring is 1. The number of rotatable bonds is 4. The van der Waals surface area contributed by atoms with E-state index < -0.39 is 17.5 Å². The highest BCUT2D eigenvalue weighted by atomic mass is 19.1. The van der Waals surface area contributed by atoms with Crippen LogP contribution >= 0.6 is 0 Å². The molecule has 1 aliphatic rings. The molecule has 1 fully saturated rings. The summed E-state index contributed by atoms with van der Waals surface area (Å²) in [5.41, 5.74) is 6.81. The zero-order valence-electron chi connectivity index (χ0n) is 15.9. The number of carbonyl (C=O) groups excluding carboxylic acids is 2. The molecule has 0 aliphatic carbocycles. The molecule has 8 nitrogen and oxygen atoms in total. The molecule has 2 N–H and O–H groups in total. The molecule has 1 aromatic carbocycles. The van der Waals surface area contributed by atoms with E-state index in [1.165, 1.54) is 35.5 Å². The maximum absolute atomic E-state index is 14.4. The first-order valence-electron chi connectivity index (χ1n) is 9.29. The van der Waals surface area contributed by atoms with E-state index in [0.717, 1.165) is 0 Å². The SMILES string of the molecule is Nc1ncc(-c2ccc(F)c(C(=O)N3CCOCC3)c2)nc1C(=O)c1cccnc1. The van der Waals surface area contributed by atoms with Crippen molar-refractivity contribution in [2.45, 2.75) is 0 Å². The minimum absolute atomic E-state index is 0.0284. The van der Waals surface area contributed by atoms with Gasteiger partial charge < -0.3 is 15.4 Å². The van der Waals surface area contributed by atoms with Crippen molar-refractivity contribution in [2.24, 2.45) is 0 Å². The summed E-state index contributed by atoms with van der Waals surface area (Å²) in [7, 11) is 0. The molecule has 0 saturated carbocycles. The van der Waals surface area contributed by atoms with Crippen molar-refractivity contribution in [3.8, 4) is 11.3 Å². The predicted molar refractivity (Wildman–Crippen MR) is 106 cm³/mol. The second-order valence-electron chi connectivity index (χ2n) is 6.66. The smallest absolute Gasteiger partial charge is 0.257 e. The summed E-state index contributed by atoms with van der Waals surface area (Å²) in [5, 5.41) is 0. The van der Waals surface area contributed by atoms with E-state index in [0.29, 0.717) is 43.1 Å². The lowest BCUT2D eigenvalue weighted by molar-refractivity contribution is 0.0300. The molecule has 152 valence electrons. The van der Waals surface area contributed by atoms with Gasteiger partial charge in [-0.15, -0.1) is 0 Å². The zero-order valence-corrected chi connectivity index (χ0v) is 15.9. The Hall–Kier alpha value is -3.72. The lowest BCUT2D eigenvalue weighted by Crippen LogP contribution is -2.41. The van der Waals surface area contributed by atoms with Gasteiger partial charge in [-0.2, -0.15) is 0 Å². The number of ether oxygens (including phenoxy) is 1. The summed E-state index contributed by atoms with van der Waals surface area (Å²) in [5.74, 6) is -1.51. The molecule has 0 unspecified atom stereocenters. The Bertz CT molecular complexity index is 1100. The Morgan fingerprint density at radius 2 is 1.93 bits per heavy atom. The average molecular weight is 407 g/mol. The third kappa shape index (κ3) is 3.87. The number of ketones is 1. The maximum Gasteiger partial charge on any atom is 0.257 e. The van der Waals surface area contributed by atoms with Crippen LogP contribution in [0.1, 0.15) is 26.4 Å². The van der Waals surface area contributed by atoms with Crippen LogP contribution in [0, 0.1) is 5.82 Å². The second-order valence-corrected chi connectivity index (χ2v) is 6.66. The number of nitrogens with zero attached hydrogens (tertiary/aromatic N) is 4. The molecule has 0 radical (unpaired) electrons. The van der Waals surface area contributed by atoms with Crippen molar-refractivity contribution >= 4 is 17.5 Å². The number of morpholine rings is 1. The lowest BCUT2D eigenvalue weighted by Gasteiger charge is -2.27. The second kappa shape index (κ2) is 8.34. The number of hydrogen-bond donors (Lipinski definition) is 1. The van der Waals surface area contributed by atoms with Crippen LogP contribution < -0.4 is 5.73 Å². The lowest BCUT2D eigenvalue weighted by atomic mass is 10.1. The number of pyridine rings is 1. The van der Waals surface area contributed by atoms with Crippen LogP contribution in [0.15, 0.2) is 48.9 Å². The third-order valence-electron chi connectivity index (χ3n) is 4.73. The molecule has 4 rings (SSSR count). The summed E-state index contributed by atoms with van der Waals surface area (Å²) in [6, 6.07) is 7.31. The van der Waals surface area contributed by atoms with Crippen molar-refractivity contribution < 1.29 is 18.7 Å². The number of amides is 1. The number of hydrogen-bond acceptors (Lipinski definition) is 7. The molecular weight excluding hydrogens is 389 g/mol. The van der Waals surface area contributed by atoms with E-state index in [2.05, 4.69) is 15.0 Å². The van der Waals surface area contributed by atoms with Gasteiger partial charge in [-0.25, -0.2) is 14.4 Å². The molecule has 1 amide bonds. The van der Waals surface area contributed by atoms with E-state index in [1.54, 1.807) is 18.3 Å². The number of carbonyl (C=O) groups is 2. The Kier molecular flexibility index (Phi) is 5.44. The van der Waals surface area contributed by atoms with E-state index >= 15 is 0 Å². The van der Waals surface area contributed by atoms with E-state index in [4.69, 9.17) is 10.5 Å². The predicted octanol–water partition coefficient (Wildman–Crippen LogP) is 1.96. The van der Waals surface area contributed by atoms with Gasteiger partial charge in [0.1, 0.15) is 5.82 Å². The quantitative estimate of drug-likeness (QED) is 0.658. The van der Waals surface area contributed by atoms with Crippen molar-refractivity contribution in [1.82, 2.24) is 19.9 Å². The molecule has 9 heteroatoms. The number of benzene rings is 1. The minimum Gasteiger partial charge on any atom is -0.382 e. The summed E-state index contributed by atoms with van der Waals surface area (Å²) in [4.78, 5) is 39.3. The van der Waals surface area contributed by atoms with E-state index in [1.807, 2.05) is 0 Å². The topological polar surface area (TPSA) is 111 Å². The van der Waals surface area contributed by atoms with Crippen molar-refractivity contribution in [2.75, 3.05) is 32.0 Å². The van der Waals surface area contributed by atoms with E-state index in [-0.39, 0.29) is 17.1 Å². The summed E-state index contributed by atoms with van der Waals surface area (Å²) in [6.45, 7) is 1.62. The van der Waals surface area contributed by atoms with Gasteiger partial charge in [0.2, 0.25) is 5.78 Å². The van der Waals surface area contributed by atoms with Gasteiger partial charge in [-0.1, -0.05) is 0 Å². The molecule has 1 aliphatic heterocycles. The van der Waals surface area contributed by atoms with Crippen LogP contribution in [0.4, 0.5) is 10.2 Å². The third-order valence-corrected chi connectivity index (χ3v) is 4.73. The van der Waals surface area contributed by atoms with Crippen LogP contribution in [0.5, 0.6) is 0 Å². The molecule has 3 aromatic rings. The molecule has 0 bridgehead atoms. The van der Waals surface area contributed by atoms with Gasteiger partial charge in [0.15, 0.2) is 11.5 Å². The van der Waals surface area contributed by atoms with Gasteiger partial charge in [-0.3, -0.25) is 14.6 Å². The van der Waals surface area contributed by atoms with Crippen molar-refractivity contribution in [3.05, 3.63) is 71.6 Å². The molecule has 0 spiro atoms. The van der Waals surface area contributed by atoms with Crippen LogP contribution in [0.3, 0.4) is 0 Å². The number of aromatic nitrogens is 3. The summed E-state index contributed by atoms with van der Waals surface area (Å²) in [6.07, 6.45) is 4.34. The molecule has 30 heavy (non-hydrogen) atoms. The fourth-order valence-corrected chi connectivity index (χ4v) is 3.12. The summed E-state index contributed by atoms with van der Waals surface area (Å²) < 4.78 is 19.6. The molecule has 1 saturated heterocycles. The highest BCUT2D eigenvalue weighted by Crippen LogP contribution is 2.24. The van der Waals surface area contributed by atoms with Gasteiger partial charge in [-0.05, 0) is 30.3 Å². The summed E-state index contributed by atoms with van der Waals surface area (Å²) >= 11 is 0. The Balaban J connectivity index is 1.69. The first kappa shape index (κ1) is 19.6. The maximum atomic E-state index is 14.4. The number of nitrogens with two attached hydrogens (primary N) is 1. The van der Waals surface area contributed by atoms with Crippen LogP contribution in [-0.4, -0.2) is 57.8 Å². The monoisotopic (exact) mass is 407 g/mol. The highest BCUT2D eigenvalue weighted by molar-refractivity contribution is 6.10. The van der Waals surface area contributed by atoms with Gasteiger partial charge in [0.05, 0.1) is 30.7 Å². The van der Waals surface area contributed by atoms with Crippen LogP contribution in [0.25, 0.3) is 11.3 Å². The molecule has 2 aromatic heterocycles. The van der Waals surface area contributed by atoms with Gasteiger partial charge in [0.25, 0.3) is 5.91 Å². The van der Waals surface area contributed by atoms with Crippen molar-refractivity contribution in [3.63, 3.8) is 0 Å². The molecule has 0 atom stereocenters. The molecule has 3 heterocycles. The van der Waals surface area contributed by atoms with Gasteiger partial charge >= 0.3 is 0 Å². The first-order chi connectivity index (χ1) is 14.5. The fourth-order valence-electron chi connectivity index (χ4n) is 3.12. The zero-order chi connectivity index (χ0) is 21.1. The van der Waals surface area contributed by atoms with Gasteiger partial charge in [0, 0.05) is 36.6 Å². The van der Waals surface area contributed by atoms with Crippen LogP contribution in [0.2, 0.25) is 0 Å². The number of anilines is 1. The van der Waals surface area contributed by atoms with E-state index in [9.17, 15) is 14.0 Å². The first-order valence-corrected chi connectivity index (χ1v) is 9.29. The van der Waals surface area contributed by atoms with Crippen molar-refractivity contribution in [1.29, 1.82) is 0 Å². The Morgan fingerprint density at radius 3 is 2.67 bits per heavy atom. The Morgan fingerprint density at radius 1 is 1.13 bits per heavy atom. The largest absolute Gasteiger partial charge is 0.382 e. The standard InChI is InChI=1S/C21H18FN5O3/c22-16-4-3-13(10-15(16)21(29)27-6-8-30-9-7-27)17-12-25-20(23)18(26-17)19(28)14-2-1-5-24-11-14/h1-5,10-12H,6-9H2,(H2,23,25). The fraction of sp³-hybridized carbons (Fsp3) is 0.190.